The maximum absolute atomic E-state index is 9.01. The lowest BCUT2D eigenvalue weighted by Crippen LogP contribution is -2.29. The Morgan fingerprint density at radius 3 is 2.71 bits per heavy atom. The van der Waals surface area contributed by atoms with Gasteiger partial charge in [0.05, 0.1) is 12.1 Å². The van der Waals surface area contributed by atoms with Crippen LogP contribution in [0.2, 0.25) is 0 Å². The summed E-state index contributed by atoms with van der Waals surface area (Å²) in [4.78, 5) is 1.26. The Morgan fingerprint density at radius 1 is 1.41 bits per heavy atom. The van der Waals surface area contributed by atoms with E-state index < -0.39 is 0 Å². The molecular weight excluding hydrogens is 296 g/mol. The van der Waals surface area contributed by atoms with Crippen molar-refractivity contribution in [1.29, 1.82) is 5.26 Å². The van der Waals surface area contributed by atoms with Crippen LogP contribution >= 0.6 is 27.7 Å². The first-order valence-corrected chi connectivity index (χ1v) is 7.60. The molecule has 0 bridgehead atoms. The lowest BCUT2D eigenvalue weighted by Gasteiger charge is -2.09. The van der Waals surface area contributed by atoms with Crippen molar-refractivity contribution in [2.75, 3.05) is 5.75 Å². The standard InChI is InChI=1S/C13H15BrN2S/c14-10-1-5-13(6-2-10)17-8-7-12(9-15)16-11-3-4-11/h1-2,5-6,11-12,16H,3-4,7-8H2. The van der Waals surface area contributed by atoms with Crippen LogP contribution in [-0.4, -0.2) is 17.8 Å². The number of benzene rings is 1. The van der Waals surface area contributed by atoms with Gasteiger partial charge in [-0.05, 0) is 43.5 Å². The molecule has 1 aliphatic rings. The lowest BCUT2D eigenvalue weighted by molar-refractivity contribution is 0.587. The number of halogens is 1. The van der Waals surface area contributed by atoms with Crippen molar-refractivity contribution in [3.8, 4) is 6.07 Å². The average Bonchev–Trinajstić information content (AvgIpc) is 3.14. The average molecular weight is 311 g/mol. The van der Waals surface area contributed by atoms with Crippen molar-refractivity contribution < 1.29 is 0 Å². The van der Waals surface area contributed by atoms with E-state index in [1.54, 1.807) is 0 Å². The second kappa shape index (κ2) is 6.44. The molecule has 0 aliphatic heterocycles. The van der Waals surface area contributed by atoms with Crippen molar-refractivity contribution in [1.82, 2.24) is 5.32 Å². The van der Waals surface area contributed by atoms with E-state index >= 15 is 0 Å². The predicted molar refractivity (Wildman–Crippen MR) is 75.0 cm³/mol. The summed E-state index contributed by atoms with van der Waals surface area (Å²) in [6, 6.07) is 11.3. The Hall–Kier alpha value is -0.500. The van der Waals surface area contributed by atoms with Crippen molar-refractivity contribution in [3.05, 3.63) is 28.7 Å². The summed E-state index contributed by atoms with van der Waals surface area (Å²) in [5.74, 6) is 0.986. The van der Waals surface area contributed by atoms with Crippen LogP contribution in [0.25, 0.3) is 0 Å². The minimum atomic E-state index is 0.0189. The van der Waals surface area contributed by atoms with Crippen molar-refractivity contribution in [2.45, 2.75) is 36.2 Å². The van der Waals surface area contributed by atoms with Crippen LogP contribution in [-0.2, 0) is 0 Å². The maximum Gasteiger partial charge on any atom is 0.0963 e. The van der Waals surface area contributed by atoms with Gasteiger partial charge in [-0.3, -0.25) is 5.32 Å². The van der Waals surface area contributed by atoms with Gasteiger partial charge in [0, 0.05) is 21.2 Å². The summed E-state index contributed by atoms with van der Waals surface area (Å²) >= 11 is 5.23. The molecule has 4 heteroatoms. The molecule has 0 radical (unpaired) electrons. The summed E-state index contributed by atoms with van der Waals surface area (Å²) in [5.41, 5.74) is 0. The Labute approximate surface area is 115 Å². The van der Waals surface area contributed by atoms with Gasteiger partial charge in [0.25, 0.3) is 0 Å². The van der Waals surface area contributed by atoms with E-state index in [0.29, 0.717) is 6.04 Å². The van der Waals surface area contributed by atoms with Crippen LogP contribution in [0, 0.1) is 11.3 Å². The Kier molecular flexibility index (Phi) is 4.90. The molecule has 1 N–H and O–H groups in total. The monoisotopic (exact) mass is 310 g/mol. The Morgan fingerprint density at radius 2 is 2.12 bits per heavy atom. The van der Waals surface area contributed by atoms with E-state index in [4.69, 9.17) is 5.26 Å². The highest BCUT2D eigenvalue weighted by Crippen LogP contribution is 2.23. The number of rotatable bonds is 6. The molecule has 0 amide bonds. The number of nitriles is 1. The van der Waals surface area contributed by atoms with E-state index in [1.807, 2.05) is 23.9 Å². The molecule has 0 saturated heterocycles. The van der Waals surface area contributed by atoms with Gasteiger partial charge < -0.3 is 0 Å². The van der Waals surface area contributed by atoms with Crippen molar-refractivity contribution >= 4 is 27.7 Å². The second-order valence-electron chi connectivity index (χ2n) is 4.21. The van der Waals surface area contributed by atoms with Gasteiger partial charge >= 0.3 is 0 Å². The summed E-state index contributed by atoms with van der Waals surface area (Å²) in [7, 11) is 0. The molecule has 1 aromatic carbocycles. The molecule has 1 atom stereocenters. The summed E-state index contributed by atoms with van der Waals surface area (Å²) in [6.45, 7) is 0. The Bertz CT molecular complexity index is 395. The molecule has 17 heavy (non-hydrogen) atoms. The molecule has 1 aliphatic carbocycles. The minimum Gasteiger partial charge on any atom is -0.299 e. The number of hydrogen-bond donors (Lipinski definition) is 1. The van der Waals surface area contributed by atoms with Crippen LogP contribution in [0.1, 0.15) is 19.3 Å². The zero-order chi connectivity index (χ0) is 12.1. The topological polar surface area (TPSA) is 35.8 Å². The number of nitrogens with zero attached hydrogens (tertiary/aromatic N) is 1. The molecule has 2 nitrogen and oxygen atoms in total. The molecule has 1 fully saturated rings. The molecule has 0 aromatic heterocycles. The fourth-order valence-electron chi connectivity index (χ4n) is 1.55. The summed E-state index contributed by atoms with van der Waals surface area (Å²) < 4.78 is 1.10. The van der Waals surface area contributed by atoms with Gasteiger partial charge in [-0.25, -0.2) is 0 Å². The first-order valence-electron chi connectivity index (χ1n) is 5.82. The van der Waals surface area contributed by atoms with Gasteiger partial charge in [0.1, 0.15) is 0 Å². The Balaban J connectivity index is 1.70. The second-order valence-corrected chi connectivity index (χ2v) is 6.30. The van der Waals surface area contributed by atoms with Crippen molar-refractivity contribution in [2.24, 2.45) is 0 Å². The van der Waals surface area contributed by atoms with E-state index in [0.717, 1.165) is 16.6 Å². The lowest BCUT2D eigenvalue weighted by atomic mass is 10.2. The van der Waals surface area contributed by atoms with Crippen LogP contribution in [0.5, 0.6) is 0 Å². The fourth-order valence-corrected chi connectivity index (χ4v) is 2.73. The smallest absolute Gasteiger partial charge is 0.0963 e. The largest absolute Gasteiger partial charge is 0.299 e. The predicted octanol–water partition coefficient (Wildman–Crippen LogP) is 3.58. The van der Waals surface area contributed by atoms with E-state index in [1.165, 1.54) is 17.7 Å². The third-order valence-corrected chi connectivity index (χ3v) is 4.23. The number of hydrogen-bond acceptors (Lipinski definition) is 3. The first-order chi connectivity index (χ1) is 8.28. The molecule has 1 unspecified atom stereocenters. The minimum absolute atomic E-state index is 0.0189. The third kappa shape index (κ3) is 4.71. The third-order valence-electron chi connectivity index (χ3n) is 2.66. The molecule has 1 aromatic rings. The molecule has 0 heterocycles. The van der Waals surface area contributed by atoms with Gasteiger partial charge in [-0.2, -0.15) is 5.26 Å². The van der Waals surface area contributed by atoms with Gasteiger partial charge in [0.15, 0.2) is 0 Å². The van der Waals surface area contributed by atoms with Crippen LogP contribution in [0.4, 0.5) is 0 Å². The maximum atomic E-state index is 9.01. The zero-order valence-electron chi connectivity index (χ0n) is 9.53. The van der Waals surface area contributed by atoms with E-state index in [2.05, 4.69) is 39.4 Å². The molecular formula is C13H15BrN2S. The SMILES string of the molecule is N#CC(CCSc1ccc(Br)cc1)NC1CC1. The normalized spacial score (nSPS) is 16.5. The molecule has 2 rings (SSSR count). The highest BCUT2D eigenvalue weighted by molar-refractivity contribution is 9.10. The molecule has 90 valence electrons. The highest BCUT2D eigenvalue weighted by atomic mass is 79.9. The summed E-state index contributed by atoms with van der Waals surface area (Å²) in [5, 5.41) is 12.4. The van der Waals surface area contributed by atoms with E-state index in [9.17, 15) is 0 Å². The summed E-state index contributed by atoms with van der Waals surface area (Å²) in [6.07, 6.45) is 3.38. The van der Waals surface area contributed by atoms with Crippen LogP contribution in [0.15, 0.2) is 33.6 Å². The fraction of sp³-hybridized carbons (Fsp3) is 0.462. The number of nitrogens with one attached hydrogen (secondary N) is 1. The van der Waals surface area contributed by atoms with Gasteiger partial charge in [-0.15, -0.1) is 11.8 Å². The van der Waals surface area contributed by atoms with Crippen LogP contribution < -0.4 is 5.32 Å². The molecule has 1 saturated carbocycles. The first kappa shape index (κ1) is 12.9. The van der Waals surface area contributed by atoms with Crippen molar-refractivity contribution in [3.63, 3.8) is 0 Å². The van der Waals surface area contributed by atoms with Crippen LogP contribution in [0.3, 0.4) is 0 Å². The highest BCUT2D eigenvalue weighted by Gasteiger charge is 2.24. The number of thioether (sulfide) groups is 1. The van der Waals surface area contributed by atoms with Gasteiger partial charge in [0.2, 0.25) is 0 Å². The van der Waals surface area contributed by atoms with E-state index in [-0.39, 0.29) is 6.04 Å². The quantitative estimate of drug-likeness (QED) is 0.816. The molecule has 0 spiro atoms. The zero-order valence-corrected chi connectivity index (χ0v) is 11.9. The van der Waals surface area contributed by atoms with Gasteiger partial charge in [-0.1, -0.05) is 15.9 Å².